The van der Waals surface area contributed by atoms with Crippen LogP contribution in [0.15, 0.2) is 30.3 Å². The molecule has 0 bridgehead atoms. The van der Waals surface area contributed by atoms with Crippen molar-refractivity contribution in [1.82, 2.24) is 0 Å². The summed E-state index contributed by atoms with van der Waals surface area (Å²) < 4.78 is 0. The van der Waals surface area contributed by atoms with Crippen LogP contribution in [0.3, 0.4) is 0 Å². The van der Waals surface area contributed by atoms with Gasteiger partial charge in [0.15, 0.2) is 0 Å². The smallest absolute Gasteiger partial charge is 0.00280 e. The van der Waals surface area contributed by atoms with Crippen LogP contribution in [0, 0.1) is 5.92 Å². The molecule has 0 spiro atoms. The molecule has 1 aliphatic rings. The van der Waals surface area contributed by atoms with E-state index in [1.807, 2.05) is 0 Å². The largest absolute Gasteiger partial charge is 0.161 e. The van der Waals surface area contributed by atoms with E-state index in [1.54, 1.807) is 0 Å². The maximum absolute atomic E-state index is 2.23. The van der Waals surface area contributed by atoms with Crippen LogP contribution in [-0.4, -0.2) is 11.5 Å². The van der Waals surface area contributed by atoms with Gasteiger partial charge in [-0.3, -0.25) is 0 Å². The molecule has 0 N–H and O–H groups in total. The Balaban J connectivity index is 1.95. The summed E-state index contributed by atoms with van der Waals surface area (Å²) in [6.07, 6.45) is 1.29. The van der Waals surface area contributed by atoms with Crippen LogP contribution in [0.4, 0.5) is 0 Å². The molecule has 0 aromatic heterocycles. The lowest BCUT2D eigenvalue weighted by Crippen LogP contribution is -2.20. The molecule has 0 unspecified atom stereocenters. The molecule has 0 nitrogen and oxygen atoms in total. The third-order valence-electron chi connectivity index (χ3n) is 2.07. The van der Waals surface area contributed by atoms with E-state index in [0.717, 1.165) is 5.92 Å². The van der Waals surface area contributed by atoms with E-state index >= 15 is 0 Å². The molecule has 0 saturated carbocycles. The van der Waals surface area contributed by atoms with E-state index in [9.17, 15) is 0 Å². The molecule has 0 atom stereocenters. The lowest BCUT2D eigenvalue weighted by molar-refractivity contribution is 0.637. The van der Waals surface area contributed by atoms with Gasteiger partial charge in [-0.15, -0.1) is 0 Å². The molecule has 1 heterocycles. The van der Waals surface area contributed by atoms with E-state index in [-0.39, 0.29) is 0 Å². The Morgan fingerprint density at radius 2 is 1.91 bits per heavy atom. The Bertz CT molecular complexity index is 214. The van der Waals surface area contributed by atoms with Crippen LogP contribution in [-0.2, 0) is 6.42 Å². The van der Waals surface area contributed by atoms with Crippen molar-refractivity contribution in [2.75, 3.05) is 11.5 Å². The van der Waals surface area contributed by atoms with Crippen LogP contribution in [0.1, 0.15) is 5.56 Å². The summed E-state index contributed by atoms with van der Waals surface area (Å²) in [4.78, 5) is 0. The molecule has 0 aliphatic carbocycles. The molecule has 1 aliphatic heterocycles. The summed E-state index contributed by atoms with van der Waals surface area (Å²) in [6.45, 7) is 0. The average Bonchev–Trinajstić information content (AvgIpc) is 1.99. The van der Waals surface area contributed by atoms with Gasteiger partial charge in [-0.2, -0.15) is 11.8 Å². The summed E-state index contributed by atoms with van der Waals surface area (Å²) in [7, 11) is 0. The number of hydrogen-bond donors (Lipinski definition) is 0. The van der Waals surface area contributed by atoms with E-state index in [0.29, 0.717) is 0 Å². The molecule has 0 amide bonds. The Morgan fingerprint density at radius 3 is 2.45 bits per heavy atom. The SMILES string of the molecule is c1ccc(CC2CSC2)cc1. The first-order chi connectivity index (χ1) is 5.45. The molecule has 1 saturated heterocycles. The highest BCUT2D eigenvalue weighted by atomic mass is 32.2. The minimum atomic E-state index is 0.961. The van der Waals surface area contributed by atoms with Crippen molar-refractivity contribution in [3.63, 3.8) is 0 Å². The maximum Gasteiger partial charge on any atom is -0.00280 e. The molecule has 2 rings (SSSR count). The normalized spacial score (nSPS) is 17.8. The first-order valence-corrected chi connectivity index (χ1v) is 5.22. The number of hydrogen-bond acceptors (Lipinski definition) is 1. The summed E-state index contributed by atoms with van der Waals surface area (Å²) >= 11 is 2.06. The molecule has 58 valence electrons. The Morgan fingerprint density at radius 1 is 1.18 bits per heavy atom. The third-order valence-corrected chi connectivity index (χ3v) is 3.49. The van der Waals surface area contributed by atoms with Crippen molar-refractivity contribution in [2.24, 2.45) is 5.92 Å². The molecule has 1 heteroatoms. The van der Waals surface area contributed by atoms with Crippen molar-refractivity contribution in [3.05, 3.63) is 35.9 Å². The third kappa shape index (κ3) is 1.78. The minimum Gasteiger partial charge on any atom is -0.161 e. The van der Waals surface area contributed by atoms with Crippen LogP contribution in [0.25, 0.3) is 0 Å². The monoisotopic (exact) mass is 164 g/mol. The highest BCUT2D eigenvalue weighted by Crippen LogP contribution is 2.27. The Labute approximate surface area is 72.0 Å². The zero-order chi connectivity index (χ0) is 7.52. The first kappa shape index (κ1) is 7.23. The predicted molar refractivity (Wildman–Crippen MR) is 51.0 cm³/mol. The predicted octanol–water partition coefficient (Wildman–Crippen LogP) is 2.59. The van der Waals surface area contributed by atoms with Gasteiger partial charge in [0.1, 0.15) is 0 Å². The molecule has 11 heavy (non-hydrogen) atoms. The average molecular weight is 164 g/mol. The van der Waals surface area contributed by atoms with Crippen LogP contribution >= 0.6 is 11.8 Å². The highest BCUT2D eigenvalue weighted by Gasteiger charge is 2.17. The second kappa shape index (κ2) is 3.31. The minimum absolute atomic E-state index is 0.961. The Kier molecular flexibility index (Phi) is 2.18. The molecular formula is C10H12S. The van der Waals surface area contributed by atoms with Crippen molar-refractivity contribution in [3.8, 4) is 0 Å². The molecule has 1 aromatic carbocycles. The van der Waals surface area contributed by atoms with Crippen molar-refractivity contribution >= 4 is 11.8 Å². The fourth-order valence-corrected chi connectivity index (χ4v) is 2.15. The van der Waals surface area contributed by atoms with Gasteiger partial charge in [0.05, 0.1) is 0 Å². The zero-order valence-corrected chi connectivity index (χ0v) is 7.31. The number of benzene rings is 1. The van der Waals surface area contributed by atoms with Crippen molar-refractivity contribution < 1.29 is 0 Å². The summed E-state index contributed by atoms with van der Waals surface area (Å²) in [5.74, 6) is 3.70. The highest BCUT2D eigenvalue weighted by molar-refractivity contribution is 8.00. The van der Waals surface area contributed by atoms with Gasteiger partial charge in [-0.05, 0) is 29.4 Å². The van der Waals surface area contributed by atoms with Crippen LogP contribution < -0.4 is 0 Å². The quantitative estimate of drug-likeness (QED) is 0.647. The van der Waals surface area contributed by atoms with Gasteiger partial charge in [-0.1, -0.05) is 30.3 Å². The molecule has 0 radical (unpaired) electrons. The number of thioether (sulfide) groups is 1. The zero-order valence-electron chi connectivity index (χ0n) is 6.49. The first-order valence-electron chi connectivity index (χ1n) is 4.07. The molecule has 1 aromatic rings. The van der Waals surface area contributed by atoms with Crippen molar-refractivity contribution in [2.45, 2.75) is 6.42 Å². The van der Waals surface area contributed by atoms with E-state index < -0.39 is 0 Å². The fourth-order valence-electron chi connectivity index (χ4n) is 1.35. The lowest BCUT2D eigenvalue weighted by atomic mass is 10.0. The van der Waals surface area contributed by atoms with Crippen LogP contribution in [0.5, 0.6) is 0 Å². The topological polar surface area (TPSA) is 0 Å². The second-order valence-electron chi connectivity index (χ2n) is 3.09. The van der Waals surface area contributed by atoms with E-state index in [1.165, 1.54) is 23.5 Å². The van der Waals surface area contributed by atoms with Crippen molar-refractivity contribution in [1.29, 1.82) is 0 Å². The molecule has 1 fully saturated rings. The summed E-state index contributed by atoms with van der Waals surface area (Å²) in [5.41, 5.74) is 1.50. The Hall–Kier alpha value is -0.430. The van der Waals surface area contributed by atoms with E-state index in [2.05, 4.69) is 42.1 Å². The standard InChI is InChI=1S/C10H12S/c1-2-4-9(5-3-1)6-10-7-11-8-10/h1-5,10H,6-8H2. The fraction of sp³-hybridized carbons (Fsp3) is 0.400. The van der Waals surface area contributed by atoms with Gasteiger partial charge in [-0.25, -0.2) is 0 Å². The van der Waals surface area contributed by atoms with Crippen LogP contribution in [0.2, 0.25) is 0 Å². The molecular weight excluding hydrogens is 152 g/mol. The van der Waals surface area contributed by atoms with Gasteiger partial charge in [0, 0.05) is 0 Å². The second-order valence-corrected chi connectivity index (χ2v) is 4.17. The van der Waals surface area contributed by atoms with Gasteiger partial charge >= 0.3 is 0 Å². The van der Waals surface area contributed by atoms with Gasteiger partial charge in [0.2, 0.25) is 0 Å². The van der Waals surface area contributed by atoms with Gasteiger partial charge < -0.3 is 0 Å². The maximum atomic E-state index is 2.23. The van der Waals surface area contributed by atoms with Gasteiger partial charge in [0.25, 0.3) is 0 Å². The van der Waals surface area contributed by atoms with E-state index in [4.69, 9.17) is 0 Å². The summed E-state index contributed by atoms with van der Waals surface area (Å²) in [6, 6.07) is 10.8. The number of rotatable bonds is 2. The summed E-state index contributed by atoms with van der Waals surface area (Å²) in [5, 5.41) is 0. The lowest BCUT2D eigenvalue weighted by Gasteiger charge is -2.24.